The highest BCUT2D eigenvalue weighted by Crippen LogP contribution is 2.32. The fourth-order valence-corrected chi connectivity index (χ4v) is 2.84. The van der Waals surface area contributed by atoms with E-state index in [1.54, 1.807) is 21.0 Å². The Balaban J connectivity index is 2.41. The summed E-state index contributed by atoms with van der Waals surface area (Å²) in [6.07, 6.45) is -3.85. The van der Waals surface area contributed by atoms with Crippen LogP contribution in [0.4, 0.5) is 13.2 Å². The van der Waals surface area contributed by atoms with Crippen LogP contribution in [-0.2, 0) is 22.3 Å². The summed E-state index contributed by atoms with van der Waals surface area (Å²) in [5.41, 5.74) is -1.66. The molecule has 1 aromatic carbocycles. The number of methoxy groups -OCH3 is 1. The molecule has 1 aromatic heterocycles. The van der Waals surface area contributed by atoms with Crippen LogP contribution in [0.1, 0.15) is 51.3 Å². The smallest absolute Gasteiger partial charge is 0.377 e. The van der Waals surface area contributed by atoms with Gasteiger partial charge in [-0.25, -0.2) is 4.68 Å². The maximum atomic E-state index is 13.1. The normalized spacial score (nSPS) is 14.2. The Morgan fingerprint density at radius 2 is 1.93 bits per heavy atom. The number of nitrogens with one attached hydrogen (secondary N) is 1. The van der Waals surface area contributed by atoms with Crippen LogP contribution in [0.25, 0.3) is 10.8 Å². The van der Waals surface area contributed by atoms with E-state index in [1.807, 2.05) is 13.8 Å². The summed E-state index contributed by atoms with van der Waals surface area (Å²) >= 11 is 0. The van der Waals surface area contributed by atoms with Gasteiger partial charge < -0.3 is 10.1 Å². The van der Waals surface area contributed by atoms with E-state index < -0.39 is 28.8 Å². The number of hydrogen-bond donors (Lipinski definition) is 1. The van der Waals surface area contributed by atoms with E-state index in [1.165, 1.54) is 0 Å². The van der Waals surface area contributed by atoms with Gasteiger partial charge in [0.25, 0.3) is 5.56 Å². The van der Waals surface area contributed by atoms with Crippen molar-refractivity contribution in [2.45, 2.75) is 58.4 Å². The summed E-state index contributed by atoms with van der Waals surface area (Å²) in [5, 5.41) is 7.15. The lowest BCUT2D eigenvalue weighted by Gasteiger charge is -2.26. The Kier molecular flexibility index (Phi) is 6.72. The second-order valence-electron chi connectivity index (χ2n) is 7.55. The maximum Gasteiger partial charge on any atom is 0.416 e. The molecular formula is C20H26F3N3O3. The molecule has 1 atom stereocenters. The Labute approximate surface area is 167 Å². The molecule has 0 aliphatic heterocycles. The van der Waals surface area contributed by atoms with Gasteiger partial charge >= 0.3 is 6.18 Å². The number of nitrogens with zero attached hydrogens (tertiary/aromatic N) is 2. The number of carbonyl (C=O) groups excluding carboxylic acids is 1. The first kappa shape index (κ1) is 22.9. The zero-order valence-electron chi connectivity index (χ0n) is 17.2. The molecule has 0 bridgehead atoms. The fourth-order valence-electron chi connectivity index (χ4n) is 2.84. The first-order valence-corrected chi connectivity index (χ1v) is 9.35. The van der Waals surface area contributed by atoms with E-state index in [4.69, 9.17) is 4.74 Å². The van der Waals surface area contributed by atoms with Gasteiger partial charge in [0.15, 0.2) is 0 Å². The molecule has 29 heavy (non-hydrogen) atoms. The lowest BCUT2D eigenvalue weighted by molar-refractivity contribution is -0.137. The van der Waals surface area contributed by atoms with Crippen molar-refractivity contribution in [2.24, 2.45) is 0 Å². The largest absolute Gasteiger partial charge is 0.416 e. The van der Waals surface area contributed by atoms with Gasteiger partial charge in [0.1, 0.15) is 6.54 Å². The molecule has 1 heterocycles. The Bertz CT molecular complexity index is 948. The molecule has 1 unspecified atom stereocenters. The van der Waals surface area contributed by atoms with Crippen molar-refractivity contribution in [1.29, 1.82) is 0 Å². The van der Waals surface area contributed by atoms with Gasteiger partial charge in [-0.3, -0.25) is 9.59 Å². The van der Waals surface area contributed by atoms with Crippen molar-refractivity contribution in [1.82, 2.24) is 15.1 Å². The van der Waals surface area contributed by atoms with Gasteiger partial charge in [0.2, 0.25) is 5.91 Å². The van der Waals surface area contributed by atoms with E-state index >= 15 is 0 Å². The van der Waals surface area contributed by atoms with Crippen LogP contribution in [0.2, 0.25) is 0 Å². The highest BCUT2D eigenvalue weighted by Gasteiger charge is 2.31. The molecule has 0 saturated heterocycles. The van der Waals surface area contributed by atoms with Crippen molar-refractivity contribution in [3.05, 3.63) is 39.8 Å². The van der Waals surface area contributed by atoms with E-state index in [9.17, 15) is 22.8 Å². The summed E-state index contributed by atoms with van der Waals surface area (Å²) < 4.78 is 45.6. The summed E-state index contributed by atoms with van der Waals surface area (Å²) in [4.78, 5) is 25.1. The lowest BCUT2D eigenvalue weighted by Crippen LogP contribution is -2.43. The van der Waals surface area contributed by atoms with E-state index in [-0.39, 0.29) is 29.8 Å². The van der Waals surface area contributed by atoms with Gasteiger partial charge in [-0.15, -0.1) is 0 Å². The molecular weight excluding hydrogens is 387 g/mol. The van der Waals surface area contributed by atoms with Crippen LogP contribution in [-0.4, -0.2) is 34.9 Å². The minimum atomic E-state index is -4.52. The Hall–Kier alpha value is -2.42. The average Bonchev–Trinajstić information content (AvgIpc) is 2.67. The van der Waals surface area contributed by atoms with Crippen LogP contribution in [0.5, 0.6) is 0 Å². The van der Waals surface area contributed by atoms with Gasteiger partial charge in [-0.05, 0) is 37.5 Å². The Morgan fingerprint density at radius 3 is 2.45 bits per heavy atom. The van der Waals surface area contributed by atoms with E-state index in [0.717, 1.165) is 22.9 Å². The summed E-state index contributed by atoms with van der Waals surface area (Å²) in [6.45, 7) is 7.23. The molecule has 0 fully saturated rings. The predicted octanol–water partition coefficient (Wildman–Crippen LogP) is 3.47. The summed E-state index contributed by atoms with van der Waals surface area (Å²) in [7, 11) is 1.55. The zero-order chi connectivity index (χ0) is 22.0. The van der Waals surface area contributed by atoms with Crippen molar-refractivity contribution in [3.8, 4) is 0 Å². The molecule has 1 N–H and O–H groups in total. The van der Waals surface area contributed by atoms with Crippen LogP contribution in [0.15, 0.2) is 23.0 Å². The van der Waals surface area contributed by atoms with Crippen molar-refractivity contribution < 1.29 is 22.7 Å². The number of benzene rings is 1. The number of hydrogen-bond acceptors (Lipinski definition) is 4. The number of fused-ring (bicyclic) bond motifs is 1. The molecule has 0 spiro atoms. The maximum absolute atomic E-state index is 13.1. The molecule has 2 rings (SSSR count). The van der Waals surface area contributed by atoms with E-state index in [0.29, 0.717) is 12.1 Å². The second-order valence-corrected chi connectivity index (χ2v) is 7.55. The summed E-state index contributed by atoms with van der Waals surface area (Å²) in [6, 6.07) is 2.94. The van der Waals surface area contributed by atoms with Crippen molar-refractivity contribution in [3.63, 3.8) is 0 Å². The molecule has 0 aliphatic rings. The fraction of sp³-hybridized carbons (Fsp3) is 0.550. The molecule has 0 radical (unpaired) electrons. The average molecular weight is 413 g/mol. The number of amides is 1. The highest BCUT2D eigenvalue weighted by atomic mass is 19.4. The third-order valence-corrected chi connectivity index (χ3v) is 5.06. The van der Waals surface area contributed by atoms with Gasteiger partial charge in [0, 0.05) is 19.0 Å². The van der Waals surface area contributed by atoms with E-state index in [2.05, 4.69) is 10.4 Å². The molecule has 160 valence electrons. The first-order chi connectivity index (χ1) is 13.4. The van der Waals surface area contributed by atoms with Gasteiger partial charge in [0.05, 0.1) is 22.2 Å². The van der Waals surface area contributed by atoms with Crippen molar-refractivity contribution in [2.75, 3.05) is 13.7 Å². The summed E-state index contributed by atoms with van der Waals surface area (Å²) in [5.74, 6) is -0.676. The number of ether oxygens (including phenoxy) is 1. The topological polar surface area (TPSA) is 73.2 Å². The minimum absolute atomic E-state index is 0.0970. The number of halogens is 3. The first-order valence-electron chi connectivity index (χ1n) is 9.35. The predicted molar refractivity (Wildman–Crippen MR) is 104 cm³/mol. The zero-order valence-corrected chi connectivity index (χ0v) is 17.2. The van der Waals surface area contributed by atoms with Gasteiger partial charge in [-0.1, -0.05) is 20.8 Å². The molecule has 9 heteroatoms. The third kappa shape index (κ3) is 5.14. The van der Waals surface area contributed by atoms with Crippen LogP contribution < -0.4 is 10.9 Å². The minimum Gasteiger partial charge on any atom is -0.377 e. The monoisotopic (exact) mass is 413 g/mol. The molecule has 1 amide bonds. The quantitative estimate of drug-likeness (QED) is 0.754. The lowest BCUT2D eigenvalue weighted by atomic mass is 10.0. The SMILES string of the molecule is CCC(C)(CNC(=O)Cn1nc(C(C)C)c2cc(C(F)(F)F)ccc2c1=O)OC. The molecule has 0 saturated carbocycles. The van der Waals surface area contributed by atoms with Crippen LogP contribution in [0.3, 0.4) is 0 Å². The van der Waals surface area contributed by atoms with Gasteiger partial charge in [-0.2, -0.15) is 18.3 Å². The molecule has 2 aromatic rings. The van der Waals surface area contributed by atoms with Crippen molar-refractivity contribution >= 4 is 16.7 Å². The number of carbonyl (C=O) groups is 1. The number of rotatable bonds is 7. The highest BCUT2D eigenvalue weighted by molar-refractivity contribution is 5.85. The standard InChI is InChI=1S/C20H26F3N3O3/c1-6-19(4,29-5)11-24-16(27)10-26-18(28)14-8-7-13(20(21,22)23)9-15(14)17(25-26)12(2)3/h7-9,12H,6,10-11H2,1-5H3,(H,24,27). The number of aromatic nitrogens is 2. The van der Waals surface area contributed by atoms with Crippen LogP contribution in [0, 0.1) is 0 Å². The third-order valence-electron chi connectivity index (χ3n) is 5.06. The van der Waals surface area contributed by atoms with Crippen LogP contribution >= 0.6 is 0 Å². The molecule has 0 aliphatic carbocycles. The number of alkyl halides is 3. The Morgan fingerprint density at radius 1 is 1.28 bits per heavy atom. The molecule has 6 nitrogen and oxygen atoms in total. The second kappa shape index (κ2) is 8.52.